The van der Waals surface area contributed by atoms with Gasteiger partial charge in [0.15, 0.2) is 6.23 Å². The minimum Gasteiger partial charge on any atom is -0.394 e. The zero-order chi connectivity index (χ0) is 10.8. The van der Waals surface area contributed by atoms with E-state index in [2.05, 4.69) is 9.98 Å². The normalized spacial score (nSPS) is 40.1. The molecule has 0 aromatic heterocycles. The molecule has 3 N–H and O–H groups in total. The Bertz CT molecular complexity index is 283. The van der Waals surface area contributed by atoms with Crippen molar-refractivity contribution in [2.24, 2.45) is 9.98 Å². The van der Waals surface area contributed by atoms with Crippen LogP contribution in [0.25, 0.3) is 0 Å². The van der Waals surface area contributed by atoms with E-state index in [0.29, 0.717) is 6.67 Å². The molecule has 0 spiro atoms. The SMILES string of the molecule is OC[C@H]1O[C@@H](N2C=NC=NC2)[C@@H](O)[C@@H]1O. The Morgan fingerprint density at radius 3 is 2.73 bits per heavy atom. The van der Waals surface area contributed by atoms with E-state index in [-0.39, 0.29) is 6.61 Å². The van der Waals surface area contributed by atoms with Crippen LogP contribution in [0.15, 0.2) is 9.98 Å². The third-order valence-electron chi connectivity index (χ3n) is 2.45. The molecule has 0 radical (unpaired) electrons. The van der Waals surface area contributed by atoms with E-state index < -0.39 is 24.5 Å². The van der Waals surface area contributed by atoms with E-state index in [1.807, 2.05) is 0 Å². The van der Waals surface area contributed by atoms with Crippen LogP contribution >= 0.6 is 0 Å². The maximum Gasteiger partial charge on any atom is 0.161 e. The van der Waals surface area contributed by atoms with Gasteiger partial charge in [-0.05, 0) is 0 Å². The van der Waals surface area contributed by atoms with Crippen LogP contribution in [0.5, 0.6) is 0 Å². The fourth-order valence-electron chi connectivity index (χ4n) is 1.63. The Labute approximate surface area is 86.3 Å². The van der Waals surface area contributed by atoms with E-state index in [9.17, 15) is 10.2 Å². The van der Waals surface area contributed by atoms with Gasteiger partial charge in [0.05, 0.1) is 12.9 Å². The average Bonchev–Trinajstić information content (AvgIpc) is 2.57. The number of ether oxygens (including phenoxy) is 1. The first kappa shape index (κ1) is 10.5. The Kier molecular flexibility index (Phi) is 2.96. The second-order valence-electron chi connectivity index (χ2n) is 3.45. The molecule has 2 heterocycles. The minimum absolute atomic E-state index is 0.316. The van der Waals surface area contributed by atoms with Gasteiger partial charge in [0.2, 0.25) is 0 Å². The Hall–Kier alpha value is -1.02. The van der Waals surface area contributed by atoms with Crippen molar-refractivity contribution >= 4 is 12.7 Å². The highest BCUT2D eigenvalue weighted by Crippen LogP contribution is 2.23. The largest absolute Gasteiger partial charge is 0.394 e. The van der Waals surface area contributed by atoms with Crippen molar-refractivity contribution in [1.82, 2.24) is 4.90 Å². The van der Waals surface area contributed by atoms with Gasteiger partial charge < -0.3 is 25.0 Å². The molecular weight excluding hydrogens is 202 g/mol. The molecule has 4 atom stereocenters. The number of aliphatic imine (C=N–C) groups is 2. The lowest BCUT2D eigenvalue weighted by Gasteiger charge is -2.27. The lowest BCUT2D eigenvalue weighted by Crippen LogP contribution is -2.44. The summed E-state index contributed by atoms with van der Waals surface area (Å²) in [6, 6.07) is 0. The first-order chi connectivity index (χ1) is 7.24. The summed E-state index contributed by atoms with van der Waals surface area (Å²) in [5, 5.41) is 28.1. The fraction of sp³-hybridized carbons (Fsp3) is 0.750. The predicted molar refractivity (Wildman–Crippen MR) is 51.5 cm³/mol. The number of aliphatic hydroxyl groups excluding tert-OH is 3. The molecular formula is C8H13N3O4. The van der Waals surface area contributed by atoms with Crippen LogP contribution in [0.3, 0.4) is 0 Å². The summed E-state index contributed by atoms with van der Waals surface area (Å²) in [7, 11) is 0. The molecule has 2 aliphatic heterocycles. The third kappa shape index (κ3) is 1.86. The molecule has 15 heavy (non-hydrogen) atoms. The monoisotopic (exact) mass is 215 g/mol. The van der Waals surface area contributed by atoms with Crippen LogP contribution in [0, 0.1) is 0 Å². The van der Waals surface area contributed by atoms with Gasteiger partial charge >= 0.3 is 0 Å². The van der Waals surface area contributed by atoms with Crippen molar-refractivity contribution in [2.75, 3.05) is 13.3 Å². The molecule has 84 valence electrons. The number of rotatable bonds is 2. The van der Waals surface area contributed by atoms with Gasteiger partial charge in [-0.3, -0.25) is 4.99 Å². The molecule has 0 amide bonds. The molecule has 7 nitrogen and oxygen atoms in total. The molecule has 0 unspecified atom stereocenters. The Morgan fingerprint density at radius 2 is 2.20 bits per heavy atom. The standard InChI is InChI=1S/C8H13N3O4/c12-1-5-6(13)7(14)8(15-5)11-3-9-2-10-4-11/h2-3,5-8,12-14H,1,4H2/t5-,6-,7+,8-/m1/s1. The molecule has 1 saturated heterocycles. The van der Waals surface area contributed by atoms with Gasteiger partial charge in [-0.25, -0.2) is 4.99 Å². The van der Waals surface area contributed by atoms with Crippen molar-refractivity contribution in [2.45, 2.75) is 24.5 Å². The lowest BCUT2D eigenvalue weighted by molar-refractivity contribution is -0.0692. The van der Waals surface area contributed by atoms with E-state index in [4.69, 9.17) is 9.84 Å². The van der Waals surface area contributed by atoms with Crippen LogP contribution < -0.4 is 0 Å². The van der Waals surface area contributed by atoms with Gasteiger partial charge in [-0.2, -0.15) is 0 Å². The molecule has 0 aliphatic carbocycles. The summed E-state index contributed by atoms with van der Waals surface area (Å²) in [5.74, 6) is 0. The van der Waals surface area contributed by atoms with Crippen LogP contribution in [-0.2, 0) is 4.74 Å². The number of nitrogens with zero attached hydrogens (tertiary/aromatic N) is 3. The smallest absolute Gasteiger partial charge is 0.161 e. The van der Waals surface area contributed by atoms with E-state index >= 15 is 0 Å². The van der Waals surface area contributed by atoms with Crippen molar-refractivity contribution in [1.29, 1.82) is 0 Å². The molecule has 0 saturated carbocycles. The second kappa shape index (κ2) is 4.23. The minimum atomic E-state index is -1.08. The summed E-state index contributed by atoms with van der Waals surface area (Å²) in [6.07, 6.45) is -0.741. The number of aliphatic hydroxyl groups is 3. The summed E-state index contributed by atoms with van der Waals surface area (Å²) in [6.45, 7) is -0.0148. The molecule has 7 heteroatoms. The van der Waals surface area contributed by atoms with E-state index in [0.717, 1.165) is 0 Å². The molecule has 0 bridgehead atoms. The van der Waals surface area contributed by atoms with Gasteiger partial charge in [-0.1, -0.05) is 0 Å². The topological polar surface area (TPSA) is 97.9 Å². The summed E-state index contributed by atoms with van der Waals surface area (Å²) >= 11 is 0. The summed E-state index contributed by atoms with van der Waals surface area (Å²) < 4.78 is 5.29. The molecule has 0 aromatic carbocycles. The van der Waals surface area contributed by atoms with Crippen molar-refractivity contribution in [3.63, 3.8) is 0 Å². The van der Waals surface area contributed by atoms with Gasteiger partial charge in [-0.15, -0.1) is 0 Å². The van der Waals surface area contributed by atoms with Gasteiger partial charge in [0.1, 0.15) is 31.3 Å². The van der Waals surface area contributed by atoms with Crippen LogP contribution in [0.4, 0.5) is 0 Å². The first-order valence-corrected chi connectivity index (χ1v) is 4.64. The van der Waals surface area contributed by atoms with E-state index in [1.54, 1.807) is 4.90 Å². The Balaban J connectivity index is 2.04. The Morgan fingerprint density at radius 1 is 1.40 bits per heavy atom. The highest BCUT2D eigenvalue weighted by atomic mass is 16.6. The van der Waals surface area contributed by atoms with Crippen molar-refractivity contribution < 1.29 is 20.1 Å². The molecule has 1 fully saturated rings. The first-order valence-electron chi connectivity index (χ1n) is 4.64. The molecule has 2 aliphatic rings. The third-order valence-corrected chi connectivity index (χ3v) is 2.45. The van der Waals surface area contributed by atoms with Gasteiger partial charge in [0.25, 0.3) is 0 Å². The van der Waals surface area contributed by atoms with Crippen LogP contribution in [0.1, 0.15) is 0 Å². The number of hydrogen-bond acceptors (Lipinski definition) is 7. The van der Waals surface area contributed by atoms with Crippen LogP contribution in [-0.4, -0.2) is 70.7 Å². The highest BCUT2D eigenvalue weighted by molar-refractivity contribution is 5.73. The summed E-state index contributed by atoms with van der Waals surface area (Å²) in [4.78, 5) is 9.23. The number of hydrogen-bond donors (Lipinski definition) is 3. The lowest BCUT2D eigenvalue weighted by atomic mass is 10.1. The highest BCUT2D eigenvalue weighted by Gasteiger charge is 2.44. The zero-order valence-electron chi connectivity index (χ0n) is 7.97. The molecule has 0 aromatic rings. The average molecular weight is 215 g/mol. The van der Waals surface area contributed by atoms with Crippen LogP contribution in [0.2, 0.25) is 0 Å². The summed E-state index contributed by atoms with van der Waals surface area (Å²) in [5.41, 5.74) is 0. The van der Waals surface area contributed by atoms with Crippen molar-refractivity contribution in [3.8, 4) is 0 Å². The van der Waals surface area contributed by atoms with Crippen molar-refractivity contribution in [3.05, 3.63) is 0 Å². The molecule has 2 rings (SSSR count). The predicted octanol–water partition coefficient (Wildman–Crippen LogP) is -2.24. The second-order valence-corrected chi connectivity index (χ2v) is 3.45. The quantitative estimate of drug-likeness (QED) is 0.483. The zero-order valence-corrected chi connectivity index (χ0v) is 7.97. The van der Waals surface area contributed by atoms with E-state index in [1.165, 1.54) is 12.7 Å². The maximum atomic E-state index is 9.67. The fourth-order valence-corrected chi connectivity index (χ4v) is 1.63. The van der Waals surface area contributed by atoms with Gasteiger partial charge in [0, 0.05) is 0 Å². The maximum absolute atomic E-state index is 9.67.